The molecule has 0 radical (unpaired) electrons. The summed E-state index contributed by atoms with van der Waals surface area (Å²) in [5.74, 6) is -0.0135. The molecule has 1 heterocycles. The molecule has 0 saturated heterocycles. The number of azo groups is 1. The number of aromatic amines is 1. The van der Waals surface area contributed by atoms with E-state index in [4.69, 9.17) is 0 Å². The van der Waals surface area contributed by atoms with Crippen molar-refractivity contribution >= 4 is 11.7 Å². The fourth-order valence-corrected chi connectivity index (χ4v) is 1.66. The monoisotopic (exact) mass is 272 g/mol. The van der Waals surface area contributed by atoms with Gasteiger partial charge < -0.3 is 15.2 Å². The van der Waals surface area contributed by atoms with Gasteiger partial charge in [-0.2, -0.15) is 0 Å². The zero-order valence-electron chi connectivity index (χ0n) is 11.6. The smallest absolute Gasteiger partial charge is 0.271 e. The number of allylic oxidation sites excluding steroid dienone is 3. The number of aromatic nitrogens is 2. The lowest BCUT2D eigenvalue weighted by Crippen LogP contribution is -2.18. The second-order valence-electron chi connectivity index (χ2n) is 4.34. The predicted octanol–water partition coefficient (Wildman–Crippen LogP) is 1.75. The lowest BCUT2D eigenvalue weighted by atomic mass is 10.2. The maximum Gasteiger partial charge on any atom is 0.271 e. The largest absolute Gasteiger partial charge is 0.383 e. The molecule has 1 aliphatic rings. The van der Waals surface area contributed by atoms with Gasteiger partial charge >= 0.3 is 0 Å². The van der Waals surface area contributed by atoms with Gasteiger partial charge in [0.2, 0.25) is 5.82 Å². The highest BCUT2D eigenvalue weighted by Crippen LogP contribution is 2.23. The van der Waals surface area contributed by atoms with Crippen molar-refractivity contribution < 1.29 is 4.79 Å². The summed E-state index contributed by atoms with van der Waals surface area (Å²) in [5, 5.41) is 10.7. The van der Waals surface area contributed by atoms with Crippen molar-refractivity contribution in [3.63, 3.8) is 0 Å². The highest BCUT2D eigenvalue weighted by Gasteiger charge is 2.13. The maximum absolute atomic E-state index is 11.6. The zero-order valence-corrected chi connectivity index (χ0v) is 11.6. The first-order chi connectivity index (χ1) is 9.61. The van der Waals surface area contributed by atoms with Crippen LogP contribution >= 0.6 is 0 Å². The zero-order chi connectivity index (χ0) is 14.5. The molecule has 0 fully saturated rings. The number of carbonyl (C=O) groups is 1. The third kappa shape index (κ3) is 3.00. The second kappa shape index (κ2) is 5.96. The van der Waals surface area contributed by atoms with E-state index in [9.17, 15) is 4.79 Å². The van der Waals surface area contributed by atoms with Gasteiger partial charge in [-0.05, 0) is 6.08 Å². The summed E-state index contributed by atoms with van der Waals surface area (Å²) in [7, 11) is 5.42. The molecule has 1 aromatic heterocycles. The van der Waals surface area contributed by atoms with Crippen LogP contribution in [-0.4, -0.2) is 41.9 Å². The van der Waals surface area contributed by atoms with E-state index in [-0.39, 0.29) is 11.7 Å². The number of imidazole rings is 1. The fourth-order valence-electron chi connectivity index (χ4n) is 1.66. The van der Waals surface area contributed by atoms with Crippen molar-refractivity contribution in [2.45, 2.75) is 0 Å². The standard InChI is InChI=1S/C13H16N6O/c1-14-13(20)11-12(16-8-15-11)18-17-10-6-4-5-9(10)7-19(2)3/h4-8H,1-3H3,(H,14,20)(H,15,16). The van der Waals surface area contributed by atoms with E-state index in [2.05, 4.69) is 25.5 Å². The Kier molecular flexibility index (Phi) is 4.09. The molecular weight excluding hydrogens is 256 g/mol. The second-order valence-corrected chi connectivity index (χ2v) is 4.34. The number of nitrogens with one attached hydrogen (secondary N) is 2. The normalized spacial score (nSPS) is 15.9. The van der Waals surface area contributed by atoms with E-state index < -0.39 is 0 Å². The van der Waals surface area contributed by atoms with Crippen LogP contribution in [0, 0.1) is 0 Å². The van der Waals surface area contributed by atoms with Gasteiger partial charge in [-0.25, -0.2) is 4.98 Å². The SMILES string of the molecule is CNC(=O)c1[nH]cnc1N=NC1=CC=CC1=CN(C)C. The average Bonchev–Trinajstić information content (AvgIpc) is 3.03. The minimum Gasteiger partial charge on any atom is -0.383 e. The Morgan fingerprint density at radius 2 is 2.25 bits per heavy atom. The number of nitrogens with zero attached hydrogens (tertiary/aromatic N) is 4. The van der Waals surface area contributed by atoms with Crippen molar-refractivity contribution in [3.8, 4) is 0 Å². The third-order valence-corrected chi connectivity index (χ3v) is 2.55. The molecule has 0 unspecified atom stereocenters. The minimum absolute atomic E-state index is 0.265. The number of hydrogen-bond donors (Lipinski definition) is 2. The van der Waals surface area contributed by atoms with Crippen molar-refractivity contribution in [2.24, 2.45) is 10.2 Å². The Balaban J connectivity index is 2.19. The Morgan fingerprint density at radius 3 is 2.95 bits per heavy atom. The molecule has 0 atom stereocenters. The van der Waals surface area contributed by atoms with E-state index >= 15 is 0 Å². The third-order valence-electron chi connectivity index (χ3n) is 2.55. The molecule has 7 nitrogen and oxygen atoms in total. The van der Waals surface area contributed by atoms with Crippen LogP contribution in [0.5, 0.6) is 0 Å². The molecule has 0 saturated carbocycles. The number of H-pyrrole nitrogens is 1. The summed E-state index contributed by atoms with van der Waals surface area (Å²) < 4.78 is 0. The molecule has 0 aromatic carbocycles. The highest BCUT2D eigenvalue weighted by atomic mass is 16.1. The van der Waals surface area contributed by atoms with E-state index in [0.717, 1.165) is 11.3 Å². The maximum atomic E-state index is 11.6. The molecule has 0 bridgehead atoms. The van der Waals surface area contributed by atoms with Gasteiger partial charge in [0, 0.05) is 32.9 Å². The number of amides is 1. The van der Waals surface area contributed by atoms with E-state index in [1.807, 2.05) is 43.4 Å². The first-order valence-corrected chi connectivity index (χ1v) is 6.06. The lowest BCUT2D eigenvalue weighted by Gasteiger charge is -2.06. The minimum atomic E-state index is -0.279. The molecule has 7 heteroatoms. The topological polar surface area (TPSA) is 85.7 Å². The summed E-state index contributed by atoms with van der Waals surface area (Å²) in [6.07, 6.45) is 9.05. The van der Waals surface area contributed by atoms with E-state index in [1.54, 1.807) is 7.05 Å². The van der Waals surface area contributed by atoms with Crippen LogP contribution in [0.25, 0.3) is 0 Å². The summed E-state index contributed by atoms with van der Waals surface area (Å²) in [5.41, 5.74) is 1.97. The Bertz CT molecular complexity index is 621. The molecule has 104 valence electrons. The summed E-state index contributed by atoms with van der Waals surface area (Å²) in [6.45, 7) is 0. The molecule has 0 spiro atoms. The van der Waals surface area contributed by atoms with Gasteiger partial charge in [0.25, 0.3) is 5.91 Å². The van der Waals surface area contributed by atoms with Crippen LogP contribution < -0.4 is 5.32 Å². The van der Waals surface area contributed by atoms with Crippen LogP contribution in [0.2, 0.25) is 0 Å². The highest BCUT2D eigenvalue weighted by molar-refractivity contribution is 5.95. The van der Waals surface area contributed by atoms with Crippen LogP contribution in [0.15, 0.2) is 52.3 Å². The van der Waals surface area contributed by atoms with Crippen LogP contribution in [0.3, 0.4) is 0 Å². The van der Waals surface area contributed by atoms with E-state index in [0.29, 0.717) is 5.69 Å². The van der Waals surface area contributed by atoms with Gasteiger partial charge in [-0.3, -0.25) is 4.79 Å². The van der Waals surface area contributed by atoms with Gasteiger partial charge in [-0.1, -0.05) is 12.2 Å². The van der Waals surface area contributed by atoms with E-state index in [1.165, 1.54) is 6.33 Å². The lowest BCUT2D eigenvalue weighted by molar-refractivity contribution is 0.0959. The Labute approximate surface area is 116 Å². The van der Waals surface area contributed by atoms with Crippen molar-refractivity contribution in [3.05, 3.63) is 47.7 Å². The summed E-state index contributed by atoms with van der Waals surface area (Å²) in [4.78, 5) is 20.2. The predicted molar refractivity (Wildman–Crippen MR) is 75.5 cm³/mol. The molecule has 2 N–H and O–H groups in total. The molecule has 1 aromatic rings. The van der Waals surface area contributed by atoms with Crippen LogP contribution in [0.4, 0.5) is 5.82 Å². The quantitative estimate of drug-likeness (QED) is 0.819. The molecule has 0 aliphatic heterocycles. The number of rotatable bonds is 4. The summed E-state index contributed by atoms with van der Waals surface area (Å²) in [6, 6.07) is 0. The Morgan fingerprint density at radius 1 is 1.45 bits per heavy atom. The molecule has 2 rings (SSSR count). The van der Waals surface area contributed by atoms with Crippen molar-refractivity contribution in [2.75, 3.05) is 21.1 Å². The molecule has 20 heavy (non-hydrogen) atoms. The van der Waals surface area contributed by atoms with Gasteiger partial charge in [-0.15, -0.1) is 10.2 Å². The fraction of sp³-hybridized carbons (Fsp3) is 0.231. The Hall–Kier alpha value is -2.70. The molecule has 1 aliphatic carbocycles. The first-order valence-electron chi connectivity index (χ1n) is 6.06. The van der Waals surface area contributed by atoms with Gasteiger partial charge in [0.1, 0.15) is 0 Å². The average molecular weight is 272 g/mol. The molecule has 1 amide bonds. The van der Waals surface area contributed by atoms with Crippen molar-refractivity contribution in [1.29, 1.82) is 0 Å². The van der Waals surface area contributed by atoms with Crippen molar-refractivity contribution in [1.82, 2.24) is 20.2 Å². The van der Waals surface area contributed by atoms with Gasteiger partial charge in [0.05, 0.1) is 12.0 Å². The number of carbonyl (C=O) groups excluding carboxylic acids is 1. The number of hydrogen-bond acceptors (Lipinski definition) is 5. The van der Waals surface area contributed by atoms with Crippen LogP contribution in [0.1, 0.15) is 10.5 Å². The summed E-state index contributed by atoms with van der Waals surface area (Å²) >= 11 is 0. The first kappa shape index (κ1) is 13.7. The van der Waals surface area contributed by atoms with Gasteiger partial charge in [0.15, 0.2) is 5.69 Å². The molecular formula is C13H16N6O. The van der Waals surface area contributed by atoms with Crippen LogP contribution in [-0.2, 0) is 0 Å².